The van der Waals surface area contributed by atoms with Crippen molar-refractivity contribution in [3.05, 3.63) is 72.3 Å². The van der Waals surface area contributed by atoms with E-state index >= 15 is 0 Å². The van der Waals surface area contributed by atoms with E-state index in [1.807, 2.05) is 49.4 Å². The van der Waals surface area contributed by atoms with Crippen LogP contribution in [-0.2, 0) is 0 Å². The van der Waals surface area contributed by atoms with Gasteiger partial charge < -0.3 is 0 Å². The van der Waals surface area contributed by atoms with Crippen LogP contribution < -0.4 is 5.32 Å². The second-order valence-electron chi connectivity index (χ2n) is 5.43. The summed E-state index contributed by atoms with van der Waals surface area (Å²) in [4.78, 5) is 21.2. The summed E-state index contributed by atoms with van der Waals surface area (Å²) in [6, 6.07) is 15.7. The average molecular weight is 334 g/mol. The van der Waals surface area contributed by atoms with E-state index in [1.54, 1.807) is 17.1 Å². The lowest BCUT2D eigenvalue weighted by Gasteiger charge is -2.07. The van der Waals surface area contributed by atoms with Crippen molar-refractivity contribution < 1.29 is 4.79 Å². The minimum atomic E-state index is -0.230. The number of amides is 1. The molecule has 2 heterocycles. The van der Waals surface area contributed by atoms with E-state index in [1.165, 1.54) is 16.9 Å². The highest BCUT2D eigenvalue weighted by molar-refractivity contribution is 7.22. The van der Waals surface area contributed by atoms with Crippen LogP contribution in [0.1, 0.15) is 16.1 Å². The molecule has 0 atom stereocenters. The van der Waals surface area contributed by atoms with Crippen molar-refractivity contribution in [1.82, 2.24) is 14.5 Å². The molecule has 2 aromatic heterocycles. The highest BCUT2D eigenvalue weighted by Gasteiger charge is 2.15. The molecule has 118 valence electrons. The minimum Gasteiger partial charge on any atom is -0.296 e. The maximum absolute atomic E-state index is 12.6. The number of aryl methyl sites for hydroxylation is 1. The quantitative estimate of drug-likeness (QED) is 0.615. The van der Waals surface area contributed by atoms with Crippen LogP contribution in [0.15, 0.2) is 61.1 Å². The molecule has 1 amide bonds. The largest absolute Gasteiger partial charge is 0.296 e. The molecule has 0 aliphatic carbocycles. The number of fused-ring (bicyclic) bond motifs is 1. The summed E-state index contributed by atoms with van der Waals surface area (Å²) in [5, 5.41) is 3.46. The van der Waals surface area contributed by atoms with Gasteiger partial charge in [0.25, 0.3) is 5.91 Å². The molecule has 5 nitrogen and oxygen atoms in total. The van der Waals surface area contributed by atoms with E-state index in [0.717, 1.165) is 15.9 Å². The third-order valence-electron chi connectivity index (χ3n) is 3.67. The molecule has 0 aliphatic heterocycles. The lowest BCUT2D eigenvalue weighted by Crippen LogP contribution is -2.15. The van der Waals surface area contributed by atoms with Crippen LogP contribution in [0.5, 0.6) is 0 Å². The summed E-state index contributed by atoms with van der Waals surface area (Å²) in [5.74, 6) is -0.230. The number of thiazole rings is 1. The number of hydrogen-bond donors (Lipinski definition) is 1. The molecule has 0 unspecified atom stereocenters. The Morgan fingerprint density at radius 3 is 2.83 bits per heavy atom. The zero-order chi connectivity index (χ0) is 16.5. The normalized spacial score (nSPS) is 10.9. The van der Waals surface area contributed by atoms with Gasteiger partial charge in [0.2, 0.25) is 0 Å². The van der Waals surface area contributed by atoms with E-state index in [9.17, 15) is 4.79 Å². The summed E-state index contributed by atoms with van der Waals surface area (Å²) < 4.78 is 2.81. The molecule has 0 radical (unpaired) electrons. The van der Waals surface area contributed by atoms with Crippen LogP contribution in [0.3, 0.4) is 0 Å². The van der Waals surface area contributed by atoms with Gasteiger partial charge in [-0.25, -0.2) is 9.97 Å². The Kier molecular flexibility index (Phi) is 3.59. The van der Waals surface area contributed by atoms with Gasteiger partial charge in [0.05, 0.1) is 22.7 Å². The number of para-hydroxylation sites is 1. The molecule has 0 aliphatic rings. The number of hydrogen-bond acceptors (Lipinski definition) is 4. The summed E-state index contributed by atoms with van der Waals surface area (Å²) in [5.41, 5.74) is 3.42. The molecule has 2 aromatic carbocycles. The Balaban J connectivity index is 1.64. The molecule has 1 N–H and O–H groups in total. The fourth-order valence-electron chi connectivity index (χ4n) is 2.50. The number of imidazole rings is 1. The van der Waals surface area contributed by atoms with Gasteiger partial charge in [-0.1, -0.05) is 35.6 Å². The van der Waals surface area contributed by atoms with Gasteiger partial charge in [0.1, 0.15) is 5.69 Å². The van der Waals surface area contributed by atoms with Crippen molar-refractivity contribution in [2.24, 2.45) is 0 Å². The maximum atomic E-state index is 12.6. The molecular formula is C18H14N4OS. The molecule has 0 saturated heterocycles. The van der Waals surface area contributed by atoms with Gasteiger partial charge in [0, 0.05) is 5.69 Å². The molecule has 0 fully saturated rings. The SMILES string of the molecule is Cc1ccc2nc(NC(=O)c3cncn3-c3ccccc3)sc2c1. The van der Waals surface area contributed by atoms with E-state index < -0.39 is 0 Å². The number of benzene rings is 2. The van der Waals surface area contributed by atoms with Crippen molar-refractivity contribution in [3.63, 3.8) is 0 Å². The Hall–Kier alpha value is -2.99. The minimum absolute atomic E-state index is 0.230. The molecule has 0 bridgehead atoms. The molecule has 0 spiro atoms. The van der Waals surface area contributed by atoms with E-state index in [2.05, 4.69) is 21.4 Å². The standard InChI is InChI=1S/C18H14N4OS/c1-12-7-8-14-16(9-12)24-18(20-14)21-17(23)15-10-19-11-22(15)13-5-3-2-4-6-13/h2-11H,1H3,(H,20,21,23). The first-order chi connectivity index (χ1) is 11.7. The van der Waals surface area contributed by atoms with Gasteiger partial charge in [-0.3, -0.25) is 14.7 Å². The monoisotopic (exact) mass is 334 g/mol. The van der Waals surface area contributed by atoms with Crippen molar-refractivity contribution in [2.75, 3.05) is 5.32 Å². The number of carbonyl (C=O) groups excluding carboxylic acids is 1. The number of aromatic nitrogens is 3. The molecule has 4 rings (SSSR count). The second-order valence-corrected chi connectivity index (χ2v) is 6.46. The van der Waals surface area contributed by atoms with Crippen LogP contribution in [0.2, 0.25) is 0 Å². The predicted octanol–water partition coefficient (Wildman–Crippen LogP) is 4.04. The molecule has 0 saturated carbocycles. The number of nitrogens with one attached hydrogen (secondary N) is 1. The van der Waals surface area contributed by atoms with Gasteiger partial charge in [-0.05, 0) is 36.8 Å². The highest BCUT2D eigenvalue weighted by Crippen LogP contribution is 2.27. The Morgan fingerprint density at radius 2 is 2.00 bits per heavy atom. The summed E-state index contributed by atoms with van der Waals surface area (Å²) in [6.07, 6.45) is 3.19. The van der Waals surface area contributed by atoms with Crippen molar-refractivity contribution in [3.8, 4) is 5.69 Å². The summed E-state index contributed by atoms with van der Waals surface area (Å²) >= 11 is 1.47. The van der Waals surface area contributed by atoms with Gasteiger partial charge in [-0.15, -0.1) is 0 Å². The zero-order valence-electron chi connectivity index (χ0n) is 12.9. The number of nitrogens with zero attached hydrogens (tertiary/aromatic N) is 3. The lowest BCUT2D eigenvalue weighted by molar-refractivity contribution is 0.102. The molecule has 24 heavy (non-hydrogen) atoms. The zero-order valence-corrected chi connectivity index (χ0v) is 13.7. The second kappa shape index (κ2) is 5.90. The van der Waals surface area contributed by atoms with Gasteiger partial charge in [0.15, 0.2) is 5.13 Å². The first-order valence-corrected chi connectivity index (χ1v) is 8.29. The topological polar surface area (TPSA) is 59.8 Å². The maximum Gasteiger partial charge on any atom is 0.276 e. The highest BCUT2D eigenvalue weighted by atomic mass is 32.1. The Bertz CT molecular complexity index is 1020. The third kappa shape index (κ3) is 2.68. The van der Waals surface area contributed by atoms with E-state index in [-0.39, 0.29) is 5.91 Å². The van der Waals surface area contributed by atoms with Crippen LogP contribution in [0.4, 0.5) is 5.13 Å². The average Bonchev–Trinajstić information content (AvgIpc) is 3.21. The first kappa shape index (κ1) is 14.6. The fourth-order valence-corrected chi connectivity index (χ4v) is 3.46. The Labute approximate surface area is 142 Å². The van der Waals surface area contributed by atoms with Crippen LogP contribution >= 0.6 is 11.3 Å². The summed E-state index contributed by atoms with van der Waals surface area (Å²) in [6.45, 7) is 2.04. The first-order valence-electron chi connectivity index (χ1n) is 7.47. The van der Waals surface area contributed by atoms with Crippen molar-refractivity contribution >= 4 is 32.6 Å². The lowest BCUT2D eigenvalue weighted by atomic mass is 10.2. The smallest absolute Gasteiger partial charge is 0.276 e. The summed E-state index contributed by atoms with van der Waals surface area (Å²) in [7, 11) is 0. The van der Waals surface area contributed by atoms with Gasteiger partial charge >= 0.3 is 0 Å². The molecular weight excluding hydrogens is 320 g/mol. The van der Waals surface area contributed by atoms with Crippen LogP contribution in [0.25, 0.3) is 15.9 Å². The number of carbonyl (C=O) groups is 1. The van der Waals surface area contributed by atoms with E-state index in [0.29, 0.717) is 10.8 Å². The molecule has 4 aromatic rings. The Morgan fingerprint density at radius 1 is 1.17 bits per heavy atom. The molecule has 6 heteroatoms. The van der Waals surface area contributed by atoms with Gasteiger partial charge in [-0.2, -0.15) is 0 Å². The number of anilines is 1. The fraction of sp³-hybridized carbons (Fsp3) is 0.0556. The predicted molar refractivity (Wildman–Crippen MR) is 95.9 cm³/mol. The van der Waals surface area contributed by atoms with Crippen molar-refractivity contribution in [2.45, 2.75) is 6.92 Å². The van der Waals surface area contributed by atoms with Crippen molar-refractivity contribution in [1.29, 1.82) is 0 Å². The van der Waals surface area contributed by atoms with Crippen LogP contribution in [0, 0.1) is 6.92 Å². The third-order valence-corrected chi connectivity index (χ3v) is 4.60. The van der Waals surface area contributed by atoms with E-state index in [4.69, 9.17) is 0 Å². The van der Waals surface area contributed by atoms with Crippen LogP contribution in [-0.4, -0.2) is 20.4 Å². The number of rotatable bonds is 3.